The van der Waals surface area contributed by atoms with Crippen molar-refractivity contribution in [3.05, 3.63) is 106 Å². The van der Waals surface area contributed by atoms with Gasteiger partial charge in [0.25, 0.3) is 0 Å². The summed E-state index contributed by atoms with van der Waals surface area (Å²) in [6.07, 6.45) is 7.42. The fourth-order valence-electron chi connectivity index (χ4n) is 5.14. The molecular formula is C26H26. The summed E-state index contributed by atoms with van der Waals surface area (Å²) in [5.41, 5.74) is 9.32. The van der Waals surface area contributed by atoms with Crippen molar-refractivity contribution in [3.63, 3.8) is 0 Å². The summed E-state index contributed by atoms with van der Waals surface area (Å²) in [5, 5.41) is 0. The molecule has 5 rings (SSSR count). The predicted molar refractivity (Wildman–Crippen MR) is 109 cm³/mol. The van der Waals surface area contributed by atoms with Crippen LogP contribution in [0.3, 0.4) is 0 Å². The zero-order valence-corrected chi connectivity index (χ0v) is 15.3. The summed E-state index contributed by atoms with van der Waals surface area (Å²) >= 11 is 0. The number of fused-ring (bicyclic) bond motifs is 2. The molecule has 0 fully saturated rings. The number of hydrogen-bond acceptors (Lipinski definition) is 0. The van der Waals surface area contributed by atoms with Crippen molar-refractivity contribution in [2.75, 3.05) is 0 Å². The molecule has 0 bridgehead atoms. The van der Waals surface area contributed by atoms with Crippen LogP contribution in [0.2, 0.25) is 0 Å². The third-order valence-electron chi connectivity index (χ3n) is 6.31. The summed E-state index contributed by atoms with van der Waals surface area (Å²) in [6.45, 7) is 0. The van der Waals surface area contributed by atoms with E-state index in [-0.39, 0.29) is 0 Å². The van der Waals surface area contributed by atoms with Crippen LogP contribution in [-0.2, 0) is 38.5 Å². The lowest BCUT2D eigenvalue weighted by Gasteiger charge is -2.13. The Bertz CT molecular complexity index is 798. The Morgan fingerprint density at radius 2 is 0.885 bits per heavy atom. The van der Waals surface area contributed by atoms with E-state index in [1.807, 2.05) is 0 Å². The van der Waals surface area contributed by atoms with Gasteiger partial charge >= 0.3 is 0 Å². The van der Waals surface area contributed by atoms with E-state index in [9.17, 15) is 0 Å². The molecule has 0 atom stereocenters. The van der Waals surface area contributed by atoms with E-state index in [0.29, 0.717) is 0 Å². The van der Waals surface area contributed by atoms with Gasteiger partial charge in [0.2, 0.25) is 0 Å². The van der Waals surface area contributed by atoms with E-state index in [0.717, 1.165) is 11.8 Å². The SMILES string of the molecule is c1cc(CC2Cc3ccccc3C2)cc(CC2Cc3ccccc3C2)c1. The highest BCUT2D eigenvalue weighted by atomic mass is 14.3. The predicted octanol–water partition coefficient (Wildman–Crippen LogP) is 5.60. The van der Waals surface area contributed by atoms with Crippen molar-refractivity contribution < 1.29 is 0 Å². The smallest absolute Gasteiger partial charge is 0.0241 e. The van der Waals surface area contributed by atoms with E-state index < -0.39 is 0 Å². The van der Waals surface area contributed by atoms with Gasteiger partial charge in [0, 0.05) is 0 Å². The first-order chi connectivity index (χ1) is 12.8. The van der Waals surface area contributed by atoms with E-state index in [2.05, 4.69) is 72.8 Å². The maximum atomic E-state index is 2.48. The minimum Gasteiger partial charge on any atom is -0.0620 e. The molecule has 0 saturated carbocycles. The molecule has 3 aromatic rings. The Balaban J connectivity index is 1.24. The van der Waals surface area contributed by atoms with Gasteiger partial charge in [-0.05, 0) is 83.7 Å². The van der Waals surface area contributed by atoms with Crippen LogP contribution in [0.15, 0.2) is 72.8 Å². The van der Waals surface area contributed by atoms with Gasteiger partial charge in [-0.3, -0.25) is 0 Å². The highest BCUT2D eigenvalue weighted by Gasteiger charge is 2.23. The first-order valence-corrected chi connectivity index (χ1v) is 10.0. The Morgan fingerprint density at radius 1 is 0.500 bits per heavy atom. The quantitative estimate of drug-likeness (QED) is 0.581. The van der Waals surface area contributed by atoms with Gasteiger partial charge in [-0.15, -0.1) is 0 Å². The molecule has 2 aliphatic carbocycles. The van der Waals surface area contributed by atoms with Gasteiger partial charge < -0.3 is 0 Å². The van der Waals surface area contributed by atoms with Crippen LogP contribution in [0.5, 0.6) is 0 Å². The highest BCUT2D eigenvalue weighted by Crippen LogP contribution is 2.31. The third kappa shape index (κ3) is 3.21. The van der Waals surface area contributed by atoms with Gasteiger partial charge in [-0.2, -0.15) is 0 Å². The van der Waals surface area contributed by atoms with Crippen LogP contribution < -0.4 is 0 Å². The lowest BCUT2D eigenvalue weighted by atomic mass is 9.92. The lowest BCUT2D eigenvalue weighted by Crippen LogP contribution is -2.07. The Hall–Kier alpha value is -2.34. The normalized spacial score (nSPS) is 16.6. The minimum absolute atomic E-state index is 0.776. The first-order valence-electron chi connectivity index (χ1n) is 10.0. The van der Waals surface area contributed by atoms with E-state index >= 15 is 0 Å². The first kappa shape index (κ1) is 15.9. The Morgan fingerprint density at radius 3 is 1.27 bits per heavy atom. The Labute approximate surface area is 156 Å². The third-order valence-corrected chi connectivity index (χ3v) is 6.31. The molecule has 0 aromatic heterocycles. The van der Waals surface area contributed by atoms with Crippen LogP contribution >= 0.6 is 0 Å². The van der Waals surface area contributed by atoms with Crippen LogP contribution in [0.25, 0.3) is 0 Å². The second-order valence-electron chi connectivity index (χ2n) is 8.31. The summed E-state index contributed by atoms with van der Waals surface area (Å²) in [5.74, 6) is 1.55. The lowest BCUT2D eigenvalue weighted by molar-refractivity contribution is 0.551. The fourth-order valence-corrected chi connectivity index (χ4v) is 5.14. The molecule has 130 valence electrons. The minimum atomic E-state index is 0.776. The van der Waals surface area contributed by atoms with Gasteiger partial charge in [0.1, 0.15) is 0 Å². The molecule has 0 amide bonds. The maximum Gasteiger partial charge on any atom is -0.0241 e. The molecule has 0 heteroatoms. The van der Waals surface area contributed by atoms with Crippen LogP contribution in [0.1, 0.15) is 33.4 Å². The maximum absolute atomic E-state index is 2.48. The summed E-state index contributed by atoms with van der Waals surface area (Å²) in [4.78, 5) is 0. The zero-order chi connectivity index (χ0) is 17.3. The summed E-state index contributed by atoms with van der Waals surface area (Å²) < 4.78 is 0. The zero-order valence-electron chi connectivity index (χ0n) is 15.3. The molecular weight excluding hydrogens is 312 g/mol. The molecule has 0 aliphatic heterocycles. The standard InChI is InChI=1S/C26H26/c1-2-9-24-16-21(15-23(24)8-1)13-19-6-5-7-20(12-19)14-22-17-25-10-3-4-11-26(25)18-22/h1-12,21-22H,13-18H2. The van der Waals surface area contributed by atoms with Crippen LogP contribution in [0, 0.1) is 11.8 Å². The average molecular weight is 338 g/mol. The van der Waals surface area contributed by atoms with Crippen LogP contribution in [-0.4, -0.2) is 0 Å². The molecule has 0 N–H and O–H groups in total. The highest BCUT2D eigenvalue weighted by molar-refractivity contribution is 5.35. The molecule has 0 spiro atoms. The van der Waals surface area contributed by atoms with Crippen molar-refractivity contribution in [1.82, 2.24) is 0 Å². The molecule has 0 saturated heterocycles. The Kier molecular flexibility index (Phi) is 4.13. The van der Waals surface area contributed by atoms with Crippen molar-refractivity contribution in [2.24, 2.45) is 11.8 Å². The van der Waals surface area contributed by atoms with E-state index in [4.69, 9.17) is 0 Å². The van der Waals surface area contributed by atoms with Gasteiger partial charge in [0.15, 0.2) is 0 Å². The number of hydrogen-bond donors (Lipinski definition) is 0. The van der Waals surface area contributed by atoms with Crippen molar-refractivity contribution in [1.29, 1.82) is 0 Å². The monoisotopic (exact) mass is 338 g/mol. The molecule has 0 unspecified atom stereocenters. The van der Waals surface area contributed by atoms with E-state index in [1.54, 1.807) is 22.3 Å². The summed E-state index contributed by atoms with van der Waals surface area (Å²) in [7, 11) is 0. The van der Waals surface area contributed by atoms with Gasteiger partial charge in [-0.1, -0.05) is 72.8 Å². The molecule has 2 aliphatic rings. The molecule has 0 nitrogen and oxygen atoms in total. The van der Waals surface area contributed by atoms with Crippen molar-refractivity contribution >= 4 is 0 Å². The van der Waals surface area contributed by atoms with Gasteiger partial charge in [0.05, 0.1) is 0 Å². The molecule has 0 heterocycles. The van der Waals surface area contributed by atoms with Crippen molar-refractivity contribution in [3.8, 4) is 0 Å². The van der Waals surface area contributed by atoms with Crippen molar-refractivity contribution in [2.45, 2.75) is 38.5 Å². The summed E-state index contributed by atoms with van der Waals surface area (Å²) in [6, 6.07) is 27.4. The van der Waals surface area contributed by atoms with Gasteiger partial charge in [-0.25, -0.2) is 0 Å². The molecule has 3 aromatic carbocycles. The molecule has 26 heavy (non-hydrogen) atoms. The topological polar surface area (TPSA) is 0 Å². The second kappa shape index (κ2) is 6.76. The fraction of sp³-hybridized carbons (Fsp3) is 0.308. The van der Waals surface area contributed by atoms with E-state index in [1.165, 1.54) is 49.7 Å². The largest absolute Gasteiger partial charge is 0.0620 e. The average Bonchev–Trinajstić information content (AvgIpc) is 3.24. The van der Waals surface area contributed by atoms with Crippen LogP contribution in [0.4, 0.5) is 0 Å². The molecule has 0 radical (unpaired) electrons. The number of rotatable bonds is 4. The second-order valence-corrected chi connectivity index (χ2v) is 8.31. The number of benzene rings is 3.